The lowest BCUT2D eigenvalue weighted by molar-refractivity contribution is -0.141. The van der Waals surface area contributed by atoms with Crippen LogP contribution in [-0.4, -0.2) is 57.3 Å². The molecule has 11 heteroatoms. The first-order valence-electron chi connectivity index (χ1n) is 12.3. The van der Waals surface area contributed by atoms with Gasteiger partial charge in [0.15, 0.2) is 12.0 Å². The average Bonchev–Trinajstić information content (AvgIpc) is 3.64. The van der Waals surface area contributed by atoms with Crippen LogP contribution < -0.4 is 10.1 Å². The van der Waals surface area contributed by atoms with Crippen LogP contribution in [0.15, 0.2) is 34.4 Å². The van der Waals surface area contributed by atoms with E-state index in [-0.39, 0.29) is 36.3 Å². The van der Waals surface area contributed by atoms with Crippen molar-refractivity contribution in [3.8, 4) is 16.5 Å². The predicted octanol–water partition coefficient (Wildman–Crippen LogP) is 3.69. The van der Waals surface area contributed by atoms with Crippen LogP contribution in [0.1, 0.15) is 62.6 Å². The van der Waals surface area contributed by atoms with Gasteiger partial charge in [-0.25, -0.2) is 4.98 Å². The number of carbonyl (C=O) groups excluding carboxylic acids is 3. The molecule has 1 saturated heterocycles. The molecule has 4 heterocycles. The minimum absolute atomic E-state index is 0.102. The predicted molar refractivity (Wildman–Crippen MR) is 137 cm³/mol. The molecule has 1 N–H and O–H groups in total. The van der Waals surface area contributed by atoms with E-state index in [0.29, 0.717) is 25.0 Å². The maximum atomic E-state index is 13.6. The summed E-state index contributed by atoms with van der Waals surface area (Å²) in [5.74, 6) is -0.619. The van der Waals surface area contributed by atoms with E-state index in [2.05, 4.69) is 20.4 Å². The molecule has 1 aliphatic rings. The number of aromatic nitrogens is 3. The molecule has 3 aromatic heterocycles. The number of likely N-dealkylation sites (tertiary alicyclic amines) is 1. The zero-order valence-electron chi connectivity index (χ0n) is 21.3. The van der Waals surface area contributed by atoms with Crippen LogP contribution in [0.3, 0.4) is 0 Å². The SMILES string of the molecule is Cc1ncsc1-c1ccc([C@H](C)NC(=O)[C@@H]2CCCN2C(=O)[C@@H](c2cc(OCC=O)no2)C(C)C)cn1. The van der Waals surface area contributed by atoms with Crippen molar-refractivity contribution >= 4 is 29.4 Å². The van der Waals surface area contributed by atoms with Gasteiger partial charge in [-0.3, -0.25) is 19.4 Å². The Hall–Kier alpha value is -3.60. The van der Waals surface area contributed by atoms with E-state index in [1.165, 1.54) is 6.07 Å². The van der Waals surface area contributed by atoms with Crippen molar-refractivity contribution in [1.82, 2.24) is 25.3 Å². The molecule has 0 saturated carbocycles. The number of aryl methyl sites for hydroxylation is 1. The van der Waals surface area contributed by atoms with E-state index in [1.807, 2.05) is 39.8 Å². The summed E-state index contributed by atoms with van der Waals surface area (Å²) in [6.45, 7) is 8.01. The summed E-state index contributed by atoms with van der Waals surface area (Å²) in [6, 6.07) is 4.57. The van der Waals surface area contributed by atoms with Crippen molar-refractivity contribution in [3.63, 3.8) is 0 Å². The summed E-state index contributed by atoms with van der Waals surface area (Å²) >= 11 is 1.54. The lowest BCUT2D eigenvalue weighted by atomic mass is 9.91. The number of amides is 2. The molecule has 0 unspecified atom stereocenters. The van der Waals surface area contributed by atoms with E-state index in [9.17, 15) is 14.4 Å². The van der Waals surface area contributed by atoms with Crippen molar-refractivity contribution in [2.75, 3.05) is 13.2 Å². The summed E-state index contributed by atoms with van der Waals surface area (Å²) in [5.41, 5.74) is 4.46. The molecule has 0 radical (unpaired) electrons. The molecule has 3 atom stereocenters. The molecule has 4 rings (SSSR count). The Bertz CT molecular complexity index is 1240. The number of thiazole rings is 1. The van der Waals surface area contributed by atoms with Gasteiger partial charge in [-0.05, 0) is 49.4 Å². The van der Waals surface area contributed by atoms with Gasteiger partial charge < -0.3 is 19.5 Å². The van der Waals surface area contributed by atoms with Crippen molar-refractivity contribution in [3.05, 3.63) is 46.9 Å². The van der Waals surface area contributed by atoms with Gasteiger partial charge >= 0.3 is 0 Å². The van der Waals surface area contributed by atoms with E-state index in [0.717, 1.165) is 28.2 Å². The average molecular weight is 526 g/mol. The first-order chi connectivity index (χ1) is 17.8. The second kappa shape index (κ2) is 11.6. The van der Waals surface area contributed by atoms with Crippen LogP contribution in [0.25, 0.3) is 10.6 Å². The lowest BCUT2D eigenvalue weighted by Gasteiger charge is -2.29. The maximum absolute atomic E-state index is 13.6. The molecule has 10 nitrogen and oxygen atoms in total. The number of ether oxygens (including phenoxy) is 1. The van der Waals surface area contributed by atoms with Gasteiger partial charge in [-0.1, -0.05) is 19.9 Å². The summed E-state index contributed by atoms with van der Waals surface area (Å²) in [6.07, 6.45) is 3.69. The van der Waals surface area contributed by atoms with Crippen molar-refractivity contribution in [2.45, 2.75) is 58.5 Å². The number of hydrogen-bond acceptors (Lipinski definition) is 9. The summed E-state index contributed by atoms with van der Waals surface area (Å²) < 4.78 is 10.6. The number of nitrogens with one attached hydrogen (secondary N) is 1. The van der Waals surface area contributed by atoms with Gasteiger partial charge in [-0.2, -0.15) is 0 Å². The third-order valence-corrected chi connectivity index (χ3v) is 7.46. The molecule has 0 aromatic carbocycles. The Morgan fingerprint density at radius 1 is 1.30 bits per heavy atom. The number of rotatable bonds is 10. The van der Waals surface area contributed by atoms with E-state index >= 15 is 0 Å². The molecule has 1 aliphatic heterocycles. The summed E-state index contributed by atoms with van der Waals surface area (Å²) in [7, 11) is 0. The highest BCUT2D eigenvalue weighted by molar-refractivity contribution is 7.13. The molecule has 1 fully saturated rings. The number of carbonyl (C=O) groups is 3. The molecular weight excluding hydrogens is 494 g/mol. The highest BCUT2D eigenvalue weighted by Crippen LogP contribution is 2.32. The molecule has 37 heavy (non-hydrogen) atoms. The zero-order chi connectivity index (χ0) is 26.5. The van der Waals surface area contributed by atoms with Gasteiger partial charge in [0.2, 0.25) is 11.8 Å². The van der Waals surface area contributed by atoms with Crippen LogP contribution in [0.5, 0.6) is 5.88 Å². The van der Waals surface area contributed by atoms with Crippen LogP contribution in [-0.2, 0) is 14.4 Å². The first-order valence-corrected chi connectivity index (χ1v) is 13.2. The van der Waals surface area contributed by atoms with E-state index in [1.54, 1.807) is 27.9 Å². The maximum Gasteiger partial charge on any atom is 0.254 e. The van der Waals surface area contributed by atoms with Crippen LogP contribution in [0.2, 0.25) is 0 Å². The largest absolute Gasteiger partial charge is 0.468 e. The second-order valence-electron chi connectivity index (χ2n) is 9.43. The van der Waals surface area contributed by atoms with Gasteiger partial charge in [0.25, 0.3) is 5.88 Å². The Balaban J connectivity index is 1.43. The quantitative estimate of drug-likeness (QED) is 0.397. The third kappa shape index (κ3) is 5.87. The van der Waals surface area contributed by atoms with Crippen molar-refractivity contribution in [2.24, 2.45) is 5.92 Å². The van der Waals surface area contributed by atoms with Gasteiger partial charge in [0.1, 0.15) is 18.6 Å². The standard InChI is InChI=1S/C26H31N5O5S/c1-15(2)23(21-12-22(30-36-21)35-11-10-32)26(34)31-9-5-6-20(31)25(33)29-16(3)18-7-8-19(27-13-18)24-17(4)28-14-37-24/h7-8,10,12-16,20,23H,5-6,9,11H2,1-4H3,(H,29,33)/t16-,20-,23+/m0/s1. The van der Waals surface area contributed by atoms with Crippen LogP contribution in [0, 0.1) is 12.8 Å². The number of hydrogen-bond donors (Lipinski definition) is 1. The topological polar surface area (TPSA) is 128 Å². The third-order valence-electron chi connectivity index (χ3n) is 6.51. The molecule has 0 bridgehead atoms. The first kappa shape index (κ1) is 26.5. The minimum Gasteiger partial charge on any atom is -0.468 e. The fourth-order valence-corrected chi connectivity index (χ4v) is 5.34. The van der Waals surface area contributed by atoms with E-state index < -0.39 is 12.0 Å². The van der Waals surface area contributed by atoms with Crippen LogP contribution in [0.4, 0.5) is 0 Å². The summed E-state index contributed by atoms with van der Waals surface area (Å²) in [5, 5.41) is 6.86. The van der Waals surface area contributed by atoms with E-state index in [4.69, 9.17) is 9.26 Å². The highest BCUT2D eigenvalue weighted by Gasteiger charge is 2.40. The molecule has 2 amide bonds. The Morgan fingerprint density at radius 2 is 2.11 bits per heavy atom. The molecule has 0 spiro atoms. The van der Waals surface area contributed by atoms with Crippen molar-refractivity contribution in [1.29, 1.82) is 0 Å². The Labute approximate surface area is 219 Å². The van der Waals surface area contributed by atoms with Gasteiger partial charge in [0.05, 0.1) is 27.8 Å². The monoisotopic (exact) mass is 525 g/mol. The minimum atomic E-state index is -0.626. The molecule has 3 aromatic rings. The van der Waals surface area contributed by atoms with Crippen molar-refractivity contribution < 1.29 is 23.6 Å². The van der Waals surface area contributed by atoms with Gasteiger partial charge in [-0.15, -0.1) is 11.3 Å². The van der Waals surface area contributed by atoms with Gasteiger partial charge in [0, 0.05) is 18.8 Å². The molecule has 0 aliphatic carbocycles. The fraction of sp³-hybridized carbons (Fsp3) is 0.462. The zero-order valence-corrected chi connectivity index (χ0v) is 22.2. The number of pyridine rings is 1. The molecule has 196 valence electrons. The Kier molecular flexibility index (Phi) is 8.32. The second-order valence-corrected chi connectivity index (χ2v) is 10.3. The molecular formula is C26H31N5O5S. The fourth-order valence-electron chi connectivity index (χ4n) is 4.56. The smallest absolute Gasteiger partial charge is 0.254 e. The normalized spacial score (nSPS) is 17.0. The lowest BCUT2D eigenvalue weighted by Crippen LogP contribution is -2.48. The number of aldehydes is 1. The van der Waals surface area contributed by atoms with Crippen LogP contribution >= 0.6 is 11.3 Å². The highest BCUT2D eigenvalue weighted by atomic mass is 32.1. The number of nitrogens with zero attached hydrogens (tertiary/aromatic N) is 4. The Morgan fingerprint density at radius 3 is 2.76 bits per heavy atom. The summed E-state index contributed by atoms with van der Waals surface area (Å²) in [4.78, 5) is 48.9.